The Morgan fingerprint density at radius 1 is 1.00 bits per heavy atom. The lowest BCUT2D eigenvalue weighted by Gasteiger charge is -2.54. The van der Waals surface area contributed by atoms with E-state index >= 15 is 0 Å². The molecule has 226 valence electrons. The third-order valence-corrected chi connectivity index (χ3v) is 10.3. The summed E-state index contributed by atoms with van der Waals surface area (Å²) >= 11 is 12.6. The van der Waals surface area contributed by atoms with Crippen LogP contribution in [0, 0.1) is 16.7 Å². The van der Waals surface area contributed by atoms with Crippen LogP contribution in [0.3, 0.4) is 0 Å². The van der Waals surface area contributed by atoms with Crippen molar-refractivity contribution in [1.29, 1.82) is 5.41 Å². The second-order valence-corrected chi connectivity index (χ2v) is 13.4. The van der Waals surface area contributed by atoms with Crippen molar-refractivity contribution in [2.24, 2.45) is 11.3 Å². The highest BCUT2D eigenvalue weighted by Crippen LogP contribution is 2.42. The normalized spacial score (nSPS) is 19.0. The number of nitrogens with one attached hydrogen (secondary N) is 1. The number of aryl methyl sites for hydroxylation is 1. The maximum atomic E-state index is 13.1. The van der Waals surface area contributed by atoms with E-state index in [0.29, 0.717) is 45.8 Å². The summed E-state index contributed by atoms with van der Waals surface area (Å²) in [6.45, 7) is 5.71. The van der Waals surface area contributed by atoms with Gasteiger partial charge in [0.2, 0.25) is 5.91 Å². The van der Waals surface area contributed by atoms with Crippen LogP contribution in [0.4, 0.5) is 11.5 Å². The lowest BCUT2D eigenvalue weighted by Crippen LogP contribution is -2.61. The monoisotopic (exact) mass is 619 g/mol. The van der Waals surface area contributed by atoms with Gasteiger partial charge in [0.1, 0.15) is 5.82 Å². The number of aromatic nitrogens is 2. The number of carbonyl (C=O) groups excluding carboxylic acids is 1. The molecule has 0 bridgehead atoms. The molecule has 2 aromatic heterocycles. The standard InChI is InChI=1S/C33H39Cl2N7O/c1-40-12-8-23(9-13-40)32(43)41-14-10-33(11-15-41)20-42(21-33)30-7-4-24(17-39-30)31(37)26-16-22(3-6-29(26)36)2-5-25-27(34)18-38-19-28(25)35/h3-4,6-7,16-19,23,37H,2,5,8-15,20-21,36H2,1H3. The fourth-order valence-corrected chi connectivity index (χ4v) is 7.31. The predicted molar refractivity (Wildman–Crippen MR) is 173 cm³/mol. The zero-order chi connectivity index (χ0) is 30.1. The first-order valence-electron chi connectivity index (χ1n) is 15.2. The van der Waals surface area contributed by atoms with Crippen molar-refractivity contribution >= 4 is 46.3 Å². The molecule has 3 N–H and O–H groups in total. The van der Waals surface area contributed by atoms with E-state index in [9.17, 15) is 4.79 Å². The predicted octanol–water partition coefficient (Wildman–Crippen LogP) is 5.34. The zero-order valence-electron chi connectivity index (χ0n) is 24.7. The maximum Gasteiger partial charge on any atom is 0.225 e. The molecule has 1 amide bonds. The maximum absolute atomic E-state index is 13.1. The van der Waals surface area contributed by atoms with Crippen LogP contribution >= 0.6 is 23.2 Å². The summed E-state index contributed by atoms with van der Waals surface area (Å²) in [5, 5.41) is 9.99. The van der Waals surface area contributed by atoms with Gasteiger partial charge >= 0.3 is 0 Å². The third kappa shape index (κ3) is 6.37. The quantitative estimate of drug-likeness (QED) is 0.273. The summed E-state index contributed by atoms with van der Waals surface area (Å²) in [4.78, 5) is 28.5. The van der Waals surface area contributed by atoms with Crippen LogP contribution in [0.2, 0.25) is 10.0 Å². The van der Waals surface area contributed by atoms with E-state index in [2.05, 4.69) is 26.7 Å². The second kappa shape index (κ2) is 12.4. The topological polar surface area (TPSA) is 102 Å². The molecule has 0 radical (unpaired) electrons. The molecule has 0 atom stereocenters. The molecule has 3 fully saturated rings. The smallest absolute Gasteiger partial charge is 0.225 e. The van der Waals surface area contributed by atoms with Crippen LogP contribution in [0.15, 0.2) is 48.9 Å². The van der Waals surface area contributed by atoms with Crippen molar-refractivity contribution in [2.75, 3.05) is 56.9 Å². The lowest BCUT2D eigenvalue weighted by molar-refractivity contribution is -0.139. The van der Waals surface area contributed by atoms with Gasteiger partial charge < -0.3 is 20.4 Å². The van der Waals surface area contributed by atoms with Crippen molar-refractivity contribution in [3.8, 4) is 0 Å². The van der Waals surface area contributed by atoms with E-state index in [-0.39, 0.29) is 11.3 Å². The molecule has 10 heteroatoms. The van der Waals surface area contributed by atoms with Crippen molar-refractivity contribution in [1.82, 2.24) is 19.8 Å². The first kappa shape index (κ1) is 29.9. The van der Waals surface area contributed by atoms with E-state index in [1.54, 1.807) is 18.6 Å². The summed E-state index contributed by atoms with van der Waals surface area (Å²) in [6.07, 6.45) is 10.4. The number of pyridine rings is 2. The van der Waals surface area contributed by atoms with Gasteiger partial charge in [-0.3, -0.25) is 15.2 Å². The molecule has 8 nitrogen and oxygen atoms in total. The summed E-state index contributed by atoms with van der Waals surface area (Å²) in [6, 6.07) is 9.76. The largest absolute Gasteiger partial charge is 0.398 e. The summed E-state index contributed by atoms with van der Waals surface area (Å²) in [5.41, 5.74) is 10.8. The van der Waals surface area contributed by atoms with Crippen molar-refractivity contribution in [2.45, 2.75) is 38.5 Å². The highest BCUT2D eigenvalue weighted by atomic mass is 35.5. The number of piperidine rings is 2. The average molecular weight is 621 g/mol. The Bertz CT molecular complexity index is 1470. The molecular weight excluding hydrogens is 581 g/mol. The number of amides is 1. The molecule has 5 heterocycles. The molecule has 0 aliphatic carbocycles. The summed E-state index contributed by atoms with van der Waals surface area (Å²) < 4.78 is 0. The number of nitrogen functional groups attached to an aromatic ring is 1. The highest BCUT2D eigenvalue weighted by molar-refractivity contribution is 6.35. The van der Waals surface area contributed by atoms with Crippen LogP contribution in [0.5, 0.6) is 0 Å². The number of hydrogen-bond donors (Lipinski definition) is 2. The van der Waals surface area contributed by atoms with Crippen molar-refractivity contribution < 1.29 is 4.79 Å². The van der Waals surface area contributed by atoms with E-state index in [0.717, 1.165) is 87.5 Å². The first-order valence-corrected chi connectivity index (χ1v) is 15.9. The van der Waals surface area contributed by atoms with Crippen molar-refractivity contribution in [3.05, 3.63) is 81.2 Å². The van der Waals surface area contributed by atoms with Crippen LogP contribution in [0.1, 0.15) is 47.9 Å². The van der Waals surface area contributed by atoms with Gasteiger partial charge in [-0.25, -0.2) is 4.98 Å². The molecule has 43 heavy (non-hydrogen) atoms. The number of halogens is 2. The van der Waals surface area contributed by atoms with Gasteiger partial charge in [-0.2, -0.15) is 0 Å². The molecule has 3 aliphatic rings. The van der Waals surface area contributed by atoms with Gasteiger partial charge in [0, 0.05) is 72.9 Å². The van der Waals surface area contributed by atoms with Crippen LogP contribution in [-0.4, -0.2) is 77.7 Å². The Balaban J connectivity index is 1.03. The Hall–Kier alpha value is -3.20. The minimum absolute atomic E-state index is 0.202. The van der Waals surface area contributed by atoms with Gasteiger partial charge in [0.05, 0.1) is 15.8 Å². The van der Waals surface area contributed by atoms with Crippen LogP contribution in [0.25, 0.3) is 0 Å². The van der Waals surface area contributed by atoms with Gasteiger partial charge in [-0.1, -0.05) is 29.3 Å². The molecular formula is C33H39Cl2N7O. The first-order chi connectivity index (χ1) is 20.7. The molecule has 3 aliphatic heterocycles. The highest BCUT2D eigenvalue weighted by Gasteiger charge is 2.46. The van der Waals surface area contributed by atoms with Gasteiger partial charge in [-0.05, 0) is 94.1 Å². The Morgan fingerprint density at radius 3 is 2.35 bits per heavy atom. The van der Waals surface area contributed by atoms with E-state index in [1.807, 2.05) is 30.3 Å². The molecule has 3 saturated heterocycles. The van der Waals surface area contributed by atoms with Crippen molar-refractivity contribution in [3.63, 3.8) is 0 Å². The average Bonchev–Trinajstić information content (AvgIpc) is 3.00. The second-order valence-electron chi connectivity index (χ2n) is 12.5. The Labute approximate surface area is 263 Å². The number of benzene rings is 1. The van der Waals surface area contributed by atoms with E-state index < -0.39 is 0 Å². The fraction of sp³-hybridized carbons (Fsp3) is 0.455. The Morgan fingerprint density at radius 2 is 1.70 bits per heavy atom. The number of nitrogens with zero attached hydrogens (tertiary/aromatic N) is 5. The zero-order valence-corrected chi connectivity index (χ0v) is 26.2. The lowest BCUT2D eigenvalue weighted by atomic mass is 9.71. The van der Waals surface area contributed by atoms with E-state index in [1.165, 1.54) is 0 Å². The minimum Gasteiger partial charge on any atom is -0.398 e. The van der Waals surface area contributed by atoms with Crippen LogP contribution < -0.4 is 10.6 Å². The van der Waals surface area contributed by atoms with Crippen LogP contribution in [-0.2, 0) is 17.6 Å². The molecule has 1 aromatic carbocycles. The molecule has 6 rings (SSSR count). The number of anilines is 2. The molecule has 0 unspecified atom stereocenters. The Kier molecular flexibility index (Phi) is 8.63. The number of likely N-dealkylation sites (tertiary alicyclic amines) is 2. The molecule has 0 saturated carbocycles. The third-order valence-electron chi connectivity index (χ3n) is 9.62. The number of carbonyl (C=O) groups is 1. The van der Waals surface area contributed by atoms with Gasteiger partial charge in [0.25, 0.3) is 0 Å². The molecule has 1 spiro atoms. The van der Waals surface area contributed by atoms with Gasteiger partial charge in [-0.15, -0.1) is 0 Å². The number of nitrogens with two attached hydrogens (primary N) is 1. The number of hydrogen-bond acceptors (Lipinski definition) is 7. The summed E-state index contributed by atoms with van der Waals surface area (Å²) in [5.74, 6) is 1.50. The SMILES string of the molecule is CN1CCC(C(=O)N2CCC3(CC2)CN(c2ccc(C(=N)c4cc(CCc5c(Cl)cncc5Cl)ccc4N)cn2)C3)CC1. The van der Waals surface area contributed by atoms with Gasteiger partial charge in [0.15, 0.2) is 0 Å². The van der Waals surface area contributed by atoms with E-state index in [4.69, 9.17) is 39.3 Å². The fourth-order valence-electron chi connectivity index (χ4n) is 6.76. The number of rotatable bonds is 7. The summed E-state index contributed by atoms with van der Waals surface area (Å²) in [7, 11) is 2.13. The molecule has 3 aromatic rings. The minimum atomic E-state index is 0.202.